The molecule has 0 saturated carbocycles. The van der Waals surface area contributed by atoms with Crippen LogP contribution in [0.4, 0.5) is 0 Å². The molecule has 0 rings (SSSR count). The average molecular weight is 201 g/mol. The Bertz CT molecular complexity index is 162. The molecule has 14 heavy (non-hydrogen) atoms. The zero-order valence-corrected chi connectivity index (χ0v) is 10.6. The van der Waals surface area contributed by atoms with Gasteiger partial charge in [-0.05, 0) is 24.7 Å². The largest absolute Gasteiger partial charge is 0.389 e. The summed E-state index contributed by atoms with van der Waals surface area (Å²) in [5.74, 6) is 0.654. The van der Waals surface area contributed by atoms with E-state index in [1.54, 1.807) is 0 Å². The van der Waals surface area contributed by atoms with Gasteiger partial charge >= 0.3 is 0 Å². The molecule has 0 aromatic heterocycles. The first-order valence-electron chi connectivity index (χ1n) is 5.64. The van der Waals surface area contributed by atoms with Crippen LogP contribution in [-0.4, -0.2) is 23.8 Å². The molecule has 1 atom stereocenters. The van der Waals surface area contributed by atoms with E-state index in [1.807, 2.05) is 13.8 Å². The lowest BCUT2D eigenvalue weighted by Crippen LogP contribution is -2.42. The molecule has 2 N–H and O–H groups in total. The van der Waals surface area contributed by atoms with Crippen molar-refractivity contribution in [1.82, 2.24) is 5.32 Å². The van der Waals surface area contributed by atoms with Crippen LogP contribution in [0.1, 0.15) is 48.0 Å². The van der Waals surface area contributed by atoms with Crippen LogP contribution in [-0.2, 0) is 0 Å². The van der Waals surface area contributed by atoms with Crippen LogP contribution in [0.15, 0.2) is 0 Å². The van der Waals surface area contributed by atoms with E-state index in [0.717, 1.165) is 13.0 Å². The van der Waals surface area contributed by atoms with E-state index in [0.29, 0.717) is 17.9 Å². The van der Waals surface area contributed by atoms with Gasteiger partial charge in [-0.1, -0.05) is 34.6 Å². The molecule has 0 aliphatic rings. The van der Waals surface area contributed by atoms with Gasteiger partial charge in [0.2, 0.25) is 0 Å². The normalized spacial score (nSPS) is 17.1. The summed E-state index contributed by atoms with van der Waals surface area (Å²) in [4.78, 5) is 0. The molecule has 0 saturated heterocycles. The van der Waals surface area contributed by atoms with Crippen LogP contribution >= 0.6 is 0 Å². The first-order valence-corrected chi connectivity index (χ1v) is 5.64. The third kappa shape index (κ3) is 4.97. The van der Waals surface area contributed by atoms with Crippen LogP contribution in [0.25, 0.3) is 0 Å². The van der Waals surface area contributed by atoms with Crippen LogP contribution in [0, 0.1) is 11.3 Å². The topological polar surface area (TPSA) is 32.3 Å². The zero-order valence-electron chi connectivity index (χ0n) is 10.6. The highest BCUT2D eigenvalue weighted by Crippen LogP contribution is 2.24. The monoisotopic (exact) mass is 201 g/mol. The predicted octanol–water partition coefficient (Wildman–Crippen LogP) is 2.42. The Morgan fingerprint density at radius 3 is 2.00 bits per heavy atom. The number of hydrogen-bond acceptors (Lipinski definition) is 2. The van der Waals surface area contributed by atoms with E-state index in [-0.39, 0.29) is 0 Å². The summed E-state index contributed by atoms with van der Waals surface area (Å²) in [7, 11) is 0. The second kappa shape index (κ2) is 5.13. The van der Waals surface area contributed by atoms with Gasteiger partial charge < -0.3 is 10.4 Å². The molecule has 0 aromatic carbocycles. The third-order valence-electron chi connectivity index (χ3n) is 3.41. The van der Waals surface area contributed by atoms with Gasteiger partial charge in [-0.15, -0.1) is 0 Å². The average Bonchev–Trinajstić information content (AvgIpc) is 2.03. The summed E-state index contributed by atoms with van der Waals surface area (Å²) in [6.07, 6.45) is 0.794. The fraction of sp³-hybridized carbons (Fsp3) is 1.00. The molecule has 0 amide bonds. The fourth-order valence-electron chi connectivity index (χ4n) is 0.983. The smallest absolute Gasteiger partial charge is 0.0740 e. The van der Waals surface area contributed by atoms with Crippen molar-refractivity contribution in [3.05, 3.63) is 0 Å². The van der Waals surface area contributed by atoms with E-state index >= 15 is 0 Å². The first-order chi connectivity index (χ1) is 6.21. The highest BCUT2D eigenvalue weighted by Gasteiger charge is 2.23. The van der Waals surface area contributed by atoms with Crippen LogP contribution in [0.5, 0.6) is 0 Å². The Morgan fingerprint density at radius 1 is 1.14 bits per heavy atom. The maximum Gasteiger partial charge on any atom is 0.0740 e. The minimum absolute atomic E-state index is 0.295. The zero-order chi connectivity index (χ0) is 11.4. The lowest BCUT2D eigenvalue weighted by Gasteiger charge is -2.31. The molecule has 86 valence electrons. The van der Waals surface area contributed by atoms with E-state index in [1.165, 1.54) is 0 Å². The van der Waals surface area contributed by atoms with Crippen LogP contribution in [0.3, 0.4) is 0 Å². The summed E-state index contributed by atoms with van der Waals surface area (Å²) in [5.41, 5.74) is -0.267. The Morgan fingerprint density at radius 2 is 1.64 bits per heavy atom. The maximum atomic E-state index is 9.80. The van der Waals surface area contributed by atoms with Crippen molar-refractivity contribution in [2.24, 2.45) is 11.3 Å². The van der Waals surface area contributed by atoms with Gasteiger partial charge in [-0.2, -0.15) is 0 Å². The van der Waals surface area contributed by atoms with Crippen molar-refractivity contribution in [1.29, 1.82) is 0 Å². The van der Waals surface area contributed by atoms with Crippen molar-refractivity contribution in [3.63, 3.8) is 0 Å². The molecule has 0 radical (unpaired) electrons. The third-order valence-corrected chi connectivity index (χ3v) is 3.41. The van der Waals surface area contributed by atoms with Crippen molar-refractivity contribution >= 4 is 0 Å². The highest BCUT2D eigenvalue weighted by atomic mass is 16.3. The summed E-state index contributed by atoms with van der Waals surface area (Å²) in [6, 6.07) is 0. The van der Waals surface area contributed by atoms with E-state index < -0.39 is 5.60 Å². The first kappa shape index (κ1) is 13.9. The Balaban J connectivity index is 3.85. The van der Waals surface area contributed by atoms with E-state index in [4.69, 9.17) is 0 Å². The summed E-state index contributed by atoms with van der Waals surface area (Å²) < 4.78 is 0. The summed E-state index contributed by atoms with van der Waals surface area (Å²) in [5, 5.41) is 13.1. The molecule has 2 nitrogen and oxygen atoms in total. The molecule has 0 aliphatic heterocycles. The quantitative estimate of drug-likeness (QED) is 0.692. The second-order valence-electron chi connectivity index (χ2n) is 5.60. The number of nitrogens with one attached hydrogen (secondary N) is 1. The number of hydrogen-bond donors (Lipinski definition) is 2. The molecule has 0 heterocycles. The summed E-state index contributed by atoms with van der Waals surface area (Å²) in [6.45, 7) is 14.5. The summed E-state index contributed by atoms with van der Waals surface area (Å²) >= 11 is 0. The molecule has 0 fully saturated rings. The number of aliphatic hydroxyl groups is 1. The molecule has 0 aliphatic carbocycles. The van der Waals surface area contributed by atoms with Crippen molar-refractivity contribution < 1.29 is 5.11 Å². The molecule has 0 spiro atoms. The van der Waals surface area contributed by atoms with Gasteiger partial charge in [-0.25, -0.2) is 0 Å². The van der Waals surface area contributed by atoms with E-state index in [2.05, 4.69) is 33.0 Å². The lowest BCUT2D eigenvalue weighted by molar-refractivity contribution is 0.0518. The molecular weight excluding hydrogens is 174 g/mol. The minimum atomic E-state index is -0.562. The predicted molar refractivity (Wildman–Crippen MR) is 62.4 cm³/mol. The van der Waals surface area contributed by atoms with Crippen LogP contribution < -0.4 is 5.32 Å². The van der Waals surface area contributed by atoms with Gasteiger partial charge in [0.1, 0.15) is 0 Å². The van der Waals surface area contributed by atoms with Gasteiger partial charge in [0.15, 0.2) is 0 Å². The molecule has 0 aromatic rings. The van der Waals surface area contributed by atoms with Crippen LogP contribution in [0.2, 0.25) is 0 Å². The Hall–Kier alpha value is -0.0800. The Labute approximate surface area is 89.1 Å². The van der Waals surface area contributed by atoms with Gasteiger partial charge in [0.05, 0.1) is 5.60 Å². The number of rotatable bonds is 6. The van der Waals surface area contributed by atoms with Crippen molar-refractivity contribution in [2.45, 2.75) is 53.6 Å². The van der Waals surface area contributed by atoms with Crippen molar-refractivity contribution in [2.75, 3.05) is 13.1 Å². The van der Waals surface area contributed by atoms with Gasteiger partial charge in [-0.3, -0.25) is 0 Å². The minimum Gasteiger partial charge on any atom is -0.389 e. The SMILES string of the molecule is CCC(C)(O)CNCC(C)(C)C(C)C. The lowest BCUT2D eigenvalue weighted by atomic mass is 9.81. The molecule has 1 unspecified atom stereocenters. The fourth-order valence-corrected chi connectivity index (χ4v) is 0.983. The highest BCUT2D eigenvalue weighted by molar-refractivity contribution is 4.79. The maximum absolute atomic E-state index is 9.80. The van der Waals surface area contributed by atoms with Crippen molar-refractivity contribution in [3.8, 4) is 0 Å². The Kier molecular flexibility index (Phi) is 5.10. The second-order valence-corrected chi connectivity index (χ2v) is 5.60. The molecular formula is C12H27NO. The standard InChI is InChI=1S/C12H27NO/c1-7-12(6,14)9-13-8-11(4,5)10(2)3/h10,13-14H,7-9H2,1-6H3. The molecule has 2 heteroatoms. The van der Waals surface area contributed by atoms with E-state index in [9.17, 15) is 5.11 Å². The van der Waals surface area contributed by atoms with Gasteiger partial charge in [0.25, 0.3) is 0 Å². The molecule has 0 bridgehead atoms. The van der Waals surface area contributed by atoms with Gasteiger partial charge in [0, 0.05) is 13.1 Å².